The molecule has 0 bridgehead atoms. The maximum Gasteiger partial charge on any atom is 0.0193 e. The summed E-state index contributed by atoms with van der Waals surface area (Å²) in [6.07, 6.45) is 0. The van der Waals surface area contributed by atoms with Crippen LogP contribution in [0.3, 0.4) is 0 Å². The molecule has 0 aliphatic carbocycles. The predicted molar refractivity (Wildman–Crippen MR) is 71.1 cm³/mol. The van der Waals surface area contributed by atoms with Crippen molar-refractivity contribution >= 4 is 11.8 Å². The summed E-state index contributed by atoms with van der Waals surface area (Å²) in [5.41, 5.74) is 0. The van der Waals surface area contributed by atoms with Crippen molar-refractivity contribution in [1.82, 2.24) is 10.2 Å². The van der Waals surface area contributed by atoms with Gasteiger partial charge in [0.2, 0.25) is 0 Å². The first kappa shape index (κ1) is 12.0. The van der Waals surface area contributed by atoms with Crippen LogP contribution in [0.5, 0.6) is 0 Å². The fraction of sp³-hybridized carbons (Fsp3) is 0.538. The van der Waals surface area contributed by atoms with Gasteiger partial charge >= 0.3 is 0 Å². The van der Waals surface area contributed by atoms with Crippen LogP contribution in [0.2, 0.25) is 0 Å². The molecule has 16 heavy (non-hydrogen) atoms. The van der Waals surface area contributed by atoms with E-state index in [4.69, 9.17) is 0 Å². The Hall–Kier alpha value is -0.510. The number of hydrogen-bond acceptors (Lipinski definition) is 3. The third kappa shape index (κ3) is 3.51. The summed E-state index contributed by atoms with van der Waals surface area (Å²) in [5, 5.41) is 3.42. The fourth-order valence-electron chi connectivity index (χ4n) is 2.01. The van der Waals surface area contributed by atoms with Gasteiger partial charge in [-0.1, -0.05) is 18.2 Å². The summed E-state index contributed by atoms with van der Waals surface area (Å²) in [6.45, 7) is 6.97. The Balaban J connectivity index is 1.71. The fourth-order valence-corrected chi connectivity index (χ4v) is 2.92. The van der Waals surface area contributed by atoms with Crippen LogP contribution >= 0.6 is 11.8 Å². The molecule has 1 heterocycles. The van der Waals surface area contributed by atoms with Crippen molar-refractivity contribution < 1.29 is 0 Å². The monoisotopic (exact) mass is 236 g/mol. The Kier molecular flexibility index (Phi) is 4.69. The number of nitrogens with one attached hydrogen (secondary N) is 1. The van der Waals surface area contributed by atoms with E-state index in [0.29, 0.717) is 6.04 Å². The lowest BCUT2D eigenvalue weighted by Crippen LogP contribution is -2.50. The molecule has 2 rings (SSSR count). The van der Waals surface area contributed by atoms with Crippen molar-refractivity contribution in [3.05, 3.63) is 30.3 Å². The molecule has 1 atom stereocenters. The molecular formula is C13H20N2S. The van der Waals surface area contributed by atoms with E-state index in [2.05, 4.69) is 47.5 Å². The van der Waals surface area contributed by atoms with Crippen molar-refractivity contribution in [2.75, 3.05) is 31.9 Å². The Morgan fingerprint density at radius 3 is 2.94 bits per heavy atom. The van der Waals surface area contributed by atoms with Gasteiger partial charge in [0, 0.05) is 42.9 Å². The highest BCUT2D eigenvalue weighted by Gasteiger charge is 2.16. The molecular weight excluding hydrogens is 216 g/mol. The second-order valence-corrected chi connectivity index (χ2v) is 5.42. The minimum absolute atomic E-state index is 0.685. The van der Waals surface area contributed by atoms with Crippen LogP contribution in [0.15, 0.2) is 35.2 Å². The number of piperazine rings is 1. The molecule has 1 fully saturated rings. The maximum absolute atomic E-state index is 3.42. The average molecular weight is 236 g/mol. The molecule has 0 aromatic heterocycles. The van der Waals surface area contributed by atoms with Gasteiger partial charge in [0.1, 0.15) is 0 Å². The van der Waals surface area contributed by atoms with Crippen LogP contribution in [-0.4, -0.2) is 42.9 Å². The quantitative estimate of drug-likeness (QED) is 0.806. The minimum atomic E-state index is 0.685. The summed E-state index contributed by atoms with van der Waals surface area (Å²) in [6, 6.07) is 11.3. The van der Waals surface area contributed by atoms with E-state index >= 15 is 0 Å². The highest BCUT2D eigenvalue weighted by atomic mass is 32.2. The molecule has 1 aliphatic rings. The Morgan fingerprint density at radius 2 is 2.19 bits per heavy atom. The van der Waals surface area contributed by atoms with Gasteiger partial charge in [0.25, 0.3) is 0 Å². The number of rotatable bonds is 4. The SMILES string of the molecule is C[C@@H]1CNCCN1CCSc1ccccc1. The Labute approximate surface area is 102 Å². The zero-order chi connectivity index (χ0) is 11.2. The van der Waals surface area contributed by atoms with Crippen LogP contribution in [-0.2, 0) is 0 Å². The van der Waals surface area contributed by atoms with Crippen molar-refractivity contribution in [3.8, 4) is 0 Å². The summed E-state index contributed by atoms with van der Waals surface area (Å²) in [4.78, 5) is 3.96. The summed E-state index contributed by atoms with van der Waals surface area (Å²) < 4.78 is 0. The molecule has 0 radical (unpaired) electrons. The molecule has 3 heteroatoms. The van der Waals surface area contributed by atoms with E-state index < -0.39 is 0 Å². The largest absolute Gasteiger partial charge is 0.314 e. The van der Waals surface area contributed by atoms with E-state index in [1.165, 1.54) is 23.7 Å². The lowest BCUT2D eigenvalue weighted by Gasteiger charge is -2.33. The number of thioether (sulfide) groups is 1. The first-order chi connectivity index (χ1) is 7.86. The van der Waals surface area contributed by atoms with Gasteiger partial charge in [0.05, 0.1) is 0 Å². The highest BCUT2D eigenvalue weighted by molar-refractivity contribution is 7.99. The van der Waals surface area contributed by atoms with Crippen LogP contribution < -0.4 is 5.32 Å². The van der Waals surface area contributed by atoms with Crippen LogP contribution in [0, 0.1) is 0 Å². The second-order valence-electron chi connectivity index (χ2n) is 4.25. The van der Waals surface area contributed by atoms with Gasteiger partial charge in [-0.2, -0.15) is 0 Å². The van der Waals surface area contributed by atoms with Gasteiger partial charge in [-0.25, -0.2) is 0 Å². The second kappa shape index (κ2) is 6.28. The third-order valence-electron chi connectivity index (χ3n) is 3.03. The van der Waals surface area contributed by atoms with Crippen LogP contribution in [0.25, 0.3) is 0 Å². The molecule has 88 valence electrons. The van der Waals surface area contributed by atoms with E-state index in [9.17, 15) is 0 Å². The van der Waals surface area contributed by atoms with Gasteiger partial charge in [-0.05, 0) is 19.1 Å². The number of hydrogen-bond donors (Lipinski definition) is 1. The Bertz CT molecular complexity index is 302. The summed E-state index contributed by atoms with van der Waals surface area (Å²) in [7, 11) is 0. The Morgan fingerprint density at radius 1 is 1.38 bits per heavy atom. The predicted octanol–water partition coefficient (Wildman–Crippen LogP) is 2.07. The van der Waals surface area contributed by atoms with Crippen molar-refractivity contribution in [1.29, 1.82) is 0 Å². The smallest absolute Gasteiger partial charge is 0.0193 e. The molecule has 1 aliphatic heterocycles. The van der Waals surface area contributed by atoms with E-state index in [-0.39, 0.29) is 0 Å². The first-order valence-corrected chi connectivity index (χ1v) is 6.97. The van der Waals surface area contributed by atoms with Crippen LogP contribution in [0.1, 0.15) is 6.92 Å². The average Bonchev–Trinajstić information content (AvgIpc) is 2.33. The third-order valence-corrected chi connectivity index (χ3v) is 4.02. The van der Waals surface area contributed by atoms with Crippen molar-refractivity contribution in [2.45, 2.75) is 17.9 Å². The molecule has 0 amide bonds. The molecule has 0 unspecified atom stereocenters. The zero-order valence-electron chi connectivity index (χ0n) is 9.86. The lowest BCUT2D eigenvalue weighted by atomic mass is 10.2. The standard InChI is InChI=1S/C13H20N2S/c1-12-11-14-7-8-15(12)9-10-16-13-5-3-2-4-6-13/h2-6,12,14H,7-11H2,1H3/t12-/m1/s1. The van der Waals surface area contributed by atoms with E-state index in [1.54, 1.807) is 0 Å². The molecule has 1 aromatic rings. The molecule has 1 N–H and O–H groups in total. The van der Waals surface area contributed by atoms with Gasteiger partial charge < -0.3 is 5.32 Å². The first-order valence-electron chi connectivity index (χ1n) is 5.99. The minimum Gasteiger partial charge on any atom is -0.314 e. The lowest BCUT2D eigenvalue weighted by molar-refractivity contribution is 0.185. The van der Waals surface area contributed by atoms with E-state index in [0.717, 1.165) is 13.1 Å². The topological polar surface area (TPSA) is 15.3 Å². The maximum atomic E-state index is 3.42. The summed E-state index contributed by atoms with van der Waals surface area (Å²) >= 11 is 1.95. The zero-order valence-corrected chi connectivity index (χ0v) is 10.7. The molecule has 0 spiro atoms. The molecule has 0 saturated carbocycles. The van der Waals surface area contributed by atoms with Gasteiger partial charge in [-0.15, -0.1) is 11.8 Å². The van der Waals surface area contributed by atoms with Gasteiger partial charge in [-0.3, -0.25) is 4.90 Å². The normalized spacial score (nSPS) is 22.2. The molecule has 1 saturated heterocycles. The van der Waals surface area contributed by atoms with Crippen molar-refractivity contribution in [2.24, 2.45) is 0 Å². The van der Waals surface area contributed by atoms with E-state index in [1.807, 2.05) is 11.8 Å². The van der Waals surface area contributed by atoms with Crippen LogP contribution in [0.4, 0.5) is 0 Å². The highest BCUT2D eigenvalue weighted by Crippen LogP contribution is 2.17. The number of benzene rings is 1. The van der Waals surface area contributed by atoms with Crippen molar-refractivity contribution in [3.63, 3.8) is 0 Å². The number of nitrogens with zero attached hydrogens (tertiary/aromatic N) is 1. The van der Waals surface area contributed by atoms with Gasteiger partial charge in [0.15, 0.2) is 0 Å². The molecule has 2 nitrogen and oxygen atoms in total. The summed E-state index contributed by atoms with van der Waals surface area (Å²) in [5.74, 6) is 1.19. The molecule has 1 aromatic carbocycles.